The second kappa shape index (κ2) is 6.55. The Morgan fingerprint density at radius 1 is 1.50 bits per heavy atom. The maximum Gasteiger partial charge on any atom is 0.432 e. The molecule has 0 aromatic heterocycles. The topological polar surface area (TPSA) is 12.4 Å². The van der Waals surface area contributed by atoms with Crippen molar-refractivity contribution in [2.75, 3.05) is 17.4 Å². The minimum Gasteiger partial charge on any atom is -0.256 e. The third-order valence-corrected chi connectivity index (χ3v) is 3.59. The molecular formula is C10H13ClF3NS. The zero-order valence-electron chi connectivity index (χ0n) is 8.63. The van der Waals surface area contributed by atoms with Crippen LogP contribution in [-0.4, -0.2) is 29.8 Å². The van der Waals surface area contributed by atoms with Gasteiger partial charge in [0.05, 0.1) is 0 Å². The van der Waals surface area contributed by atoms with Crippen LogP contribution in [0.4, 0.5) is 13.2 Å². The van der Waals surface area contributed by atoms with E-state index in [4.69, 9.17) is 11.6 Å². The van der Waals surface area contributed by atoms with E-state index >= 15 is 0 Å². The predicted molar refractivity (Wildman–Crippen MR) is 63.4 cm³/mol. The highest BCUT2D eigenvalue weighted by Crippen LogP contribution is 2.30. The summed E-state index contributed by atoms with van der Waals surface area (Å²) in [7, 11) is 0. The molecule has 0 saturated carbocycles. The zero-order valence-corrected chi connectivity index (χ0v) is 10.2. The van der Waals surface area contributed by atoms with Gasteiger partial charge in [-0.1, -0.05) is 6.08 Å². The lowest BCUT2D eigenvalue weighted by Crippen LogP contribution is -2.16. The molecule has 0 saturated heterocycles. The molecule has 92 valence electrons. The number of hydrogen-bond acceptors (Lipinski definition) is 2. The molecule has 1 atom stereocenters. The molecule has 1 unspecified atom stereocenters. The Morgan fingerprint density at radius 2 is 2.25 bits per heavy atom. The number of thioether (sulfide) groups is 1. The lowest BCUT2D eigenvalue weighted by molar-refractivity contribution is -0.0927. The minimum absolute atomic E-state index is 0.117. The molecule has 0 spiro atoms. The number of aliphatic imine (C=N–C) groups is 1. The molecule has 0 aromatic rings. The highest BCUT2D eigenvalue weighted by molar-refractivity contribution is 7.99. The summed E-state index contributed by atoms with van der Waals surface area (Å²) in [5, 5.41) is 0. The molecule has 0 amide bonds. The Kier molecular flexibility index (Phi) is 5.69. The molecule has 0 fully saturated rings. The molecule has 1 aliphatic rings. The second-order valence-electron chi connectivity index (χ2n) is 3.48. The largest absolute Gasteiger partial charge is 0.432 e. The van der Waals surface area contributed by atoms with Crippen LogP contribution in [0.5, 0.6) is 0 Å². The number of rotatable bonds is 5. The van der Waals surface area contributed by atoms with E-state index in [2.05, 4.69) is 4.99 Å². The predicted octanol–water partition coefficient (Wildman–Crippen LogP) is 3.89. The quantitative estimate of drug-likeness (QED) is 0.546. The molecule has 1 aliphatic heterocycles. The highest BCUT2D eigenvalue weighted by atomic mass is 35.5. The fourth-order valence-electron chi connectivity index (χ4n) is 1.25. The molecular weight excluding hydrogens is 259 g/mol. The van der Waals surface area contributed by atoms with Gasteiger partial charge in [0.15, 0.2) is 0 Å². The van der Waals surface area contributed by atoms with Gasteiger partial charge in [0, 0.05) is 23.8 Å². The van der Waals surface area contributed by atoms with Crippen LogP contribution in [0.25, 0.3) is 0 Å². The number of alkyl halides is 4. The van der Waals surface area contributed by atoms with Crippen molar-refractivity contribution in [2.24, 2.45) is 10.9 Å². The van der Waals surface area contributed by atoms with E-state index in [1.165, 1.54) is 12.3 Å². The van der Waals surface area contributed by atoms with Crippen LogP contribution in [0.15, 0.2) is 16.8 Å². The summed E-state index contributed by atoms with van der Waals surface area (Å²) in [5.41, 5.74) is -0.769. The van der Waals surface area contributed by atoms with Crippen LogP contribution >= 0.6 is 23.4 Å². The van der Waals surface area contributed by atoms with E-state index in [1.807, 2.05) is 0 Å². The molecule has 0 N–H and O–H groups in total. The smallest absolute Gasteiger partial charge is 0.256 e. The molecule has 16 heavy (non-hydrogen) atoms. The molecule has 1 nitrogen and oxygen atoms in total. The Bertz CT molecular complexity index is 276. The highest BCUT2D eigenvalue weighted by Gasteiger charge is 2.34. The van der Waals surface area contributed by atoms with Crippen LogP contribution in [0.3, 0.4) is 0 Å². The van der Waals surface area contributed by atoms with Crippen molar-refractivity contribution in [1.82, 2.24) is 0 Å². The Balaban J connectivity index is 2.27. The summed E-state index contributed by atoms with van der Waals surface area (Å²) in [6.07, 6.45) is -0.373. The van der Waals surface area contributed by atoms with Crippen molar-refractivity contribution in [2.45, 2.75) is 19.0 Å². The molecule has 0 radical (unpaired) electrons. The lowest BCUT2D eigenvalue weighted by atomic mass is 10.1. The van der Waals surface area contributed by atoms with Crippen molar-refractivity contribution in [1.29, 1.82) is 0 Å². The van der Waals surface area contributed by atoms with Crippen molar-refractivity contribution in [3.63, 3.8) is 0 Å². The summed E-state index contributed by atoms with van der Waals surface area (Å²) in [5.74, 6) is 2.50. The normalized spacial score (nSPS) is 21.0. The van der Waals surface area contributed by atoms with Gasteiger partial charge in [0.2, 0.25) is 0 Å². The first-order valence-electron chi connectivity index (χ1n) is 4.99. The first-order chi connectivity index (χ1) is 7.54. The average Bonchev–Trinajstić information content (AvgIpc) is 2.24. The summed E-state index contributed by atoms with van der Waals surface area (Å²) in [6.45, 7) is 0. The van der Waals surface area contributed by atoms with Gasteiger partial charge in [0.1, 0.15) is 5.70 Å². The van der Waals surface area contributed by atoms with Crippen LogP contribution in [0.1, 0.15) is 12.8 Å². The summed E-state index contributed by atoms with van der Waals surface area (Å²) in [4.78, 5) is 3.45. The van der Waals surface area contributed by atoms with E-state index in [1.54, 1.807) is 11.8 Å². The van der Waals surface area contributed by atoms with Crippen molar-refractivity contribution < 1.29 is 13.2 Å². The van der Waals surface area contributed by atoms with Gasteiger partial charge < -0.3 is 0 Å². The lowest BCUT2D eigenvalue weighted by Gasteiger charge is -2.16. The molecule has 0 bridgehead atoms. The first kappa shape index (κ1) is 13.9. The van der Waals surface area contributed by atoms with Gasteiger partial charge in [-0.25, -0.2) is 0 Å². The maximum atomic E-state index is 12.2. The Labute approximate surface area is 102 Å². The summed E-state index contributed by atoms with van der Waals surface area (Å²) in [6, 6.07) is 0. The summed E-state index contributed by atoms with van der Waals surface area (Å²) < 4.78 is 36.7. The molecule has 6 heteroatoms. The Hall–Kier alpha value is -0.160. The summed E-state index contributed by atoms with van der Waals surface area (Å²) >= 11 is 7.23. The van der Waals surface area contributed by atoms with Crippen LogP contribution in [-0.2, 0) is 0 Å². The van der Waals surface area contributed by atoms with Gasteiger partial charge in [0.25, 0.3) is 0 Å². The monoisotopic (exact) mass is 271 g/mol. The standard InChI is InChI=1S/C10H13ClF3NS/c11-4-1-5-16-7-8-2-3-9(15-6-8)10(12,13)14/h3,6,8H,1-2,4-5,7H2. The van der Waals surface area contributed by atoms with Crippen LogP contribution < -0.4 is 0 Å². The minimum atomic E-state index is -4.31. The van der Waals surface area contributed by atoms with Crippen LogP contribution in [0, 0.1) is 5.92 Å². The fourth-order valence-corrected chi connectivity index (χ4v) is 2.59. The van der Waals surface area contributed by atoms with E-state index in [9.17, 15) is 13.2 Å². The van der Waals surface area contributed by atoms with Gasteiger partial charge in [-0.3, -0.25) is 4.99 Å². The SMILES string of the molecule is FC(F)(F)C1=CCC(CSCCCCl)C=N1. The van der Waals surface area contributed by atoms with Crippen molar-refractivity contribution in [3.05, 3.63) is 11.8 Å². The van der Waals surface area contributed by atoms with Gasteiger partial charge in [-0.05, 0) is 18.6 Å². The number of nitrogens with zero attached hydrogens (tertiary/aromatic N) is 1. The number of halogens is 4. The van der Waals surface area contributed by atoms with E-state index < -0.39 is 11.9 Å². The van der Waals surface area contributed by atoms with Gasteiger partial charge >= 0.3 is 6.18 Å². The molecule has 1 heterocycles. The average molecular weight is 272 g/mol. The number of allylic oxidation sites excluding steroid dienone is 2. The first-order valence-corrected chi connectivity index (χ1v) is 6.68. The molecule has 1 rings (SSSR count). The van der Waals surface area contributed by atoms with E-state index in [0.29, 0.717) is 12.3 Å². The van der Waals surface area contributed by atoms with Crippen molar-refractivity contribution >= 4 is 29.6 Å². The van der Waals surface area contributed by atoms with Gasteiger partial charge in [-0.2, -0.15) is 24.9 Å². The number of hydrogen-bond donors (Lipinski definition) is 0. The third-order valence-electron chi connectivity index (χ3n) is 2.08. The van der Waals surface area contributed by atoms with E-state index in [-0.39, 0.29) is 5.92 Å². The third kappa shape index (κ3) is 4.78. The zero-order chi connectivity index (χ0) is 12.0. The van der Waals surface area contributed by atoms with E-state index in [0.717, 1.165) is 17.9 Å². The maximum absolute atomic E-state index is 12.2. The van der Waals surface area contributed by atoms with Crippen LogP contribution in [0.2, 0.25) is 0 Å². The molecule has 0 aromatic carbocycles. The van der Waals surface area contributed by atoms with Crippen molar-refractivity contribution in [3.8, 4) is 0 Å². The van der Waals surface area contributed by atoms with Gasteiger partial charge in [-0.15, -0.1) is 11.6 Å². The molecule has 0 aliphatic carbocycles. The fraction of sp³-hybridized carbons (Fsp3) is 0.700. The Morgan fingerprint density at radius 3 is 2.75 bits per heavy atom. The second-order valence-corrected chi connectivity index (χ2v) is 5.01.